The third-order valence-electron chi connectivity index (χ3n) is 2.90. The fourth-order valence-corrected chi connectivity index (χ4v) is 2.93. The number of aromatic nitrogens is 2. The van der Waals surface area contributed by atoms with Crippen LogP contribution in [0.4, 0.5) is 0 Å². The molecular formula is C15H24N2O2S. The molecule has 1 heterocycles. The van der Waals surface area contributed by atoms with E-state index in [4.69, 9.17) is 5.11 Å². The summed E-state index contributed by atoms with van der Waals surface area (Å²) in [4.78, 5) is 20.1. The van der Waals surface area contributed by atoms with Crippen LogP contribution in [0.3, 0.4) is 0 Å². The number of thioether (sulfide) groups is 1. The van der Waals surface area contributed by atoms with Gasteiger partial charge in [0.15, 0.2) is 0 Å². The van der Waals surface area contributed by atoms with Crippen LogP contribution >= 0.6 is 11.8 Å². The van der Waals surface area contributed by atoms with Crippen LogP contribution in [-0.2, 0) is 29.8 Å². The molecule has 0 saturated heterocycles. The molecule has 1 N–H and O–H groups in total. The van der Waals surface area contributed by atoms with E-state index in [1.165, 1.54) is 0 Å². The molecule has 0 saturated carbocycles. The number of carbonyl (C=O) groups is 1. The Kier molecular flexibility index (Phi) is 6.99. The number of hydrogen-bond acceptors (Lipinski definition) is 4. The average molecular weight is 296 g/mol. The number of aryl methyl sites for hydroxylation is 2. The van der Waals surface area contributed by atoms with Gasteiger partial charge < -0.3 is 5.11 Å². The highest BCUT2D eigenvalue weighted by Gasteiger charge is 2.15. The van der Waals surface area contributed by atoms with E-state index in [2.05, 4.69) is 23.8 Å². The standard InChI is InChI=1S/C15H24N2O2S/c1-5-12-11(7-15(18)19)13(6-2)17-14(16-12)9-20-8-10(3)4/h10H,5-9H2,1-4H3,(H,18,19). The summed E-state index contributed by atoms with van der Waals surface area (Å²) in [5, 5.41) is 9.02. The predicted octanol–water partition coefficient (Wildman–Crippen LogP) is 3.12. The minimum absolute atomic E-state index is 0.0196. The normalized spacial score (nSPS) is 11.1. The summed E-state index contributed by atoms with van der Waals surface area (Å²) in [6.07, 6.45) is 1.52. The van der Waals surface area contributed by atoms with Gasteiger partial charge in [0.05, 0.1) is 12.2 Å². The number of aliphatic carboxylic acids is 1. The molecule has 0 amide bonds. The smallest absolute Gasteiger partial charge is 0.307 e. The number of nitrogens with zero attached hydrogens (tertiary/aromatic N) is 2. The van der Waals surface area contributed by atoms with E-state index in [9.17, 15) is 4.79 Å². The minimum atomic E-state index is -0.820. The summed E-state index contributed by atoms with van der Waals surface area (Å²) in [7, 11) is 0. The Labute approximate surface area is 125 Å². The number of hydrogen-bond donors (Lipinski definition) is 1. The summed E-state index contributed by atoms with van der Waals surface area (Å²) in [5.74, 6) is 2.55. The first-order chi connectivity index (χ1) is 9.47. The van der Waals surface area contributed by atoms with Gasteiger partial charge in [-0.15, -0.1) is 0 Å². The van der Waals surface area contributed by atoms with E-state index < -0.39 is 5.97 Å². The zero-order chi connectivity index (χ0) is 15.1. The van der Waals surface area contributed by atoms with E-state index in [0.717, 1.165) is 47.1 Å². The lowest BCUT2D eigenvalue weighted by Crippen LogP contribution is -2.13. The zero-order valence-electron chi connectivity index (χ0n) is 12.8. The van der Waals surface area contributed by atoms with E-state index in [-0.39, 0.29) is 6.42 Å². The van der Waals surface area contributed by atoms with E-state index in [1.807, 2.05) is 25.6 Å². The second-order valence-electron chi connectivity index (χ2n) is 5.20. The van der Waals surface area contributed by atoms with Crippen molar-refractivity contribution in [3.8, 4) is 0 Å². The quantitative estimate of drug-likeness (QED) is 0.798. The van der Waals surface area contributed by atoms with Crippen molar-refractivity contribution in [2.24, 2.45) is 5.92 Å². The Morgan fingerprint density at radius 3 is 2.15 bits per heavy atom. The van der Waals surface area contributed by atoms with Crippen molar-refractivity contribution in [3.63, 3.8) is 0 Å². The van der Waals surface area contributed by atoms with Crippen molar-refractivity contribution in [3.05, 3.63) is 22.8 Å². The molecule has 0 aromatic carbocycles. The van der Waals surface area contributed by atoms with Gasteiger partial charge in [-0.3, -0.25) is 4.79 Å². The molecule has 0 aliphatic rings. The van der Waals surface area contributed by atoms with Crippen LogP contribution in [0.2, 0.25) is 0 Å². The first kappa shape index (κ1) is 17.0. The van der Waals surface area contributed by atoms with Gasteiger partial charge in [0.25, 0.3) is 0 Å². The Bertz CT molecular complexity index is 436. The third-order valence-corrected chi connectivity index (χ3v) is 4.27. The van der Waals surface area contributed by atoms with Gasteiger partial charge in [0, 0.05) is 17.0 Å². The van der Waals surface area contributed by atoms with E-state index in [0.29, 0.717) is 5.92 Å². The Morgan fingerprint density at radius 2 is 1.75 bits per heavy atom. The molecule has 112 valence electrons. The topological polar surface area (TPSA) is 63.1 Å². The molecule has 0 spiro atoms. The molecule has 0 aliphatic heterocycles. The highest BCUT2D eigenvalue weighted by Crippen LogP contribution is 2.18. The first-order valence-corrected chi connectivity index (χ1v) is 8.30. The fourth-order valence-electron chi connectivity index (χ4n) is 2.03. The van der Waals surface area contributed by atoms with Crippen molar-refractivity contribution in [2.75, 3.05) is 5.75 Å². The van der Waals surface area contributed by atoms with Crippen molar-refractivity contribution in [2.45, 2.75) is 52.7 Å². The first-order valence-electron chi connectivity index (χ1n) is 7.14. The molecule has 5 heteroatoms. The molecule has 1 aromatic rings. The lowest BCUT2D eigenvalue weighted by atomic mass is 10.0. The Morgan fingerprint density at radius 1 is 1.20 bits per heavy atom. The van der Waals surface area contributed by atoms with Gasteiger partial charge in [-0.2, -0.15) is 11.8 Å². The molecule has 0 bridgehead atoms. The maximum absolute atomic E-state index is 11.0. The number of carboxylic acids is 1. The van der Waals surface area contributed by atoms with E-state index >= 15 is 0 Å². The number of rotatable bonds is 8. The van der Waals surface area contributed by atoms with Crippen molar-refractivity contribution in [1.29, 1.82) is 0 Å². The molecule has 0 aliphatic carbocycles. The summed E-state index contributed by atoms with van der Waals surface area (Å²) >= 11 is 1.83. The second kappa shape index (κ2) is 8.25. The van der Waals surface area contributed by atoms with Crippen LogP contribution in [0.15, 0.2) is 0 Å². The lowest BCUT2D eigenvalue weighted by molar-refractivity contribution is -0.136. The van der Waals surface area contributed by atoms with Crippen LogP contribution in [0.1, 0.15) is 50.5 Å². The third kappa shape index (κ3) is 5.12. The van der Waals surface area contributed by atoms with Crippen molar-refractivity contribution >= 4 is 17.7 Å². The van der Waals surface area contributed by atoms with E-state index in [1.54, 1.807) is 0 Å². The summed E-state index contributed by atoms with van der Waals surface area (Å²) < 4.78 is 0. The molecule has 1 aromatic heterocycles. The average Bonchev–Trinajstić information content (AvgIpc) is 2.38. The van der Waals surface area contributed by atoms with Gasteiger partial charge in [-0.05, 0) is 24.5 Å². The lowest BCUT2D eigenvalue weighted by Gasteiger charge is -2.12. The number of carboxylic acid groups (broad SMARTS) is 1. The Hall–Kier alpha value is -1.10. The van der Waals surface area contributed by atoms with Gasteiger partial charge >= 0.3 is 5.97 Å². The molecule has 0 fully saturated rings. The highest BCUT2D eigenvalue weighted by molar-refractivity contribution is 7.98. The molecule has 0 atom stereocenters. The largest absolute Gasteiger partial charge is 0.481 e. The highest BCUT2D eigenvalue weighted by atomic mass is 32.2. The molecule has 1 rings (SSSR count). The Balaban J connectivity index is 2.96. The molecule has 20 heavy (non-hydrogen) atoms. The summed E-state index contributed by atoms with van der Waals surface area (Å²) in [5.41, 5.74) is 2.58. The molecule has 0 radical (unpaired) electrons. The summed E-state index contributed by atoms with van der Waals surface area (Å²) in [6.45, 7) is 8.41. The van der Waals surface area contributed by atoms with Crippen molar-refractivity contribution < 1.29 is 9.90 Å². The SMILES string of the molecule is CCc1nc(CSCC(C)C)nc(CC)c1CC(=O)O. The second-order valence-corrected chi connectivity index (χ2v) is 6.23. The predicted molar refractivity (Wildman–Crippen MR) is 83.1 cm³/mol. The minimum Gasteiger partial charge on any atom is -0.481 e. The van der Waals surface area contributed by atoms with Crippen molar-refractivity contribution in [1.82, 2.24) is 9.97 Å². The molecule has 4 nitrogen and oxygen atoms in total. The maximum Gasteiger partial charge on any atom is 0.307 e. The summed E-state index contributed by atoms with van der Waals surface area (Å²) in [6, 6.07) is 0. The van der Waals surface area contributed by atoms with Gasteiger partial charge in [-0.25, -0.2) is 9.97 Å². The zero-order valence-corrected chi connectivity index (χ0v) is 13.6. The monoisotopic (exact) mass is 296 g/mol. The van der Waals surface area contributed by atoms with Gasteiger partial charge in [-0.1, -0.05) is 27.7 Å². The maximum atomic E-state index is 11.0. The van der Waals surface area contributed by atoms with Gasteiger partial charge in [0.1, 0.15) is 5.82 Å². The van der Waals surface area contributed by atoms with Crippen LogP contribution in [0.5, 0.6) is 0 Å². The van der Waals surface area contributed by atoms with Gasteiger partial charge in [0.2, 0.25) is 0 Å². The van der Waals surface area contributed by atoms with Crippen LogP contribution in [0.25, 0.3) is 0 Å². The fraction of sp³-hybridized carbons (Fsp3) is 0.667. The molecular weight excluding hydrogens is 272 g/mol. The van der Waals surface area contributed by atoms with Crippen LogP contribution in [-0.4, -0.2) is 26.8 Å². The molecule has 0 unspecified atom stereocenters. The van der Waals surface area contributed by atoms with Crippen LogP contribution < -0.4 is 0 Å². The van der Waals surface area contributed by atoms with Crippen LogP contribution in [0, 0.1) is 5.92 Å².